The molecule has 0 aliphatic heterocycles. The highest BCUT2D eigenvalue weighted by molar-refractivity contribution is 5.47. The van der Waals surface area contributed by atoms with Crippen molar-refractivity contribution in [3.63, 3.8) is 0 Å². The summed E-state index contributed by atoms with van der Waals surface area (Å²) in [4.78, 5) is 0. The molecule has 274 valence electrons. The minimum Gasteiger partial charge on any atom is -0.100 e. The van der Waals surface area contributed by atoms with Gasteiger partial charge in [-0.15, -0.1) is 6.58 Å². The van der Waals surface area contributed by atoms with Gasteiger partial charge in [0.2, 0.25) is 0 Å². The van der Waals surface area contributed by atoms with Gasteiger partial charge in [0, 0.05) is 5.41 Å². The molecule has 0 aliphatic carbocycles. The number of hydrogen-bond acceptors (Lipinski definition) is 0. The van der Waals surface area contributed by atoms with Gasteiger partial charge in [-0.1, -0.05) is 194 Å². The van der Waals surface area contributed by atoms with E-state index in [-0.39, 0.29) is 25.7 Å². The summed E-state index contributed by atoms with van der Waals surface area (Å²) in [6.45, 7) is 45.9. The van der Waals surface area contributed by atoms with Crippen LogP contribution >= 0.6 is 0 Å². The molecular formula is C48H82. The first kappa shape index (κ1) is 49.8. The Hall–Kier alpha value is -2.60. The number of allylic oxidation sites excluding steroid dienone is 1. The largest absolute Gasteiger partial charge is 0.100 e. The van der Waals surface area contributed by atoms with Crippen molar-refractivity contribution in [3.05, 3.63) is 117 Å². The second-order valence-corrected chi connectivity index (χ2v) is 17.8. The topological polar surface area (TPSA) is 0 Å². The van der Waals surface area contributed by atoms with E-state index >= 15 is 0 Å². The summed E-state index contributed by atoms with van der Waals surface area (Å²) in [5.41, 5.74) is 13.2. The lowest BCUT2D eigenvalue weighted by molar-refractivity contribution is 0.283. The van der Waals surface area contributed by atoms with E-state index in [9.17, 15) is 0 Å². The van der Waals surface area contributed by atoms with Gasteiger partial charge in [-0.25, -0.2) is 0 Å². The van der Waals surface area contributed by atoms with Crippen molar-refractivity contribution in [1.29, 1.82) is 0 Å². The molecule has 0 heterocycles. The lowest BCUT2D eigenvalue weighted by atomic mass is 9.69. The van der Waals surface area contributed by atoms with Crippen LogP contribution in [0.1, 0.15) is 170 Å². The summed E-state index contributed by atoms with van der Waals surface area (Å²) in [5, 5.41) is 0. The summed E-state index contributed by atoms with van der Waals surface area (Å²) in [7, 11) is 0. The van der Waals surface area contributed by atoms with Crippen LogP contribution < -0.4 is 0 Å². The van der Waals surface area contributed by atoms with Crippen LogP contribution in [0.25, 0.3) is 0 Å². The van der Waals surface area contributed by atoms with Crippen LogP contribution in [0.3, 0.4) is 0 Å². The van der Waals surface area contributed by atoms with Gasteiger partial charge < -0.3 is 0 Å². The second kappa shape index (κ2) is 20.8. The Kier molecular flexibility index (Phi) is 21.6. The third kappa shape index (κ3) is 18.8. The van der Waals surface area contributed by atoms with Gasteiger partial charge in [0.1, 0.15) is 0 Å². The Morgan fingerprint density at radius 1 is 0.625 bits per heavy atom. The molecule has 0 saturated heterocycles. The second-order valence-electron chi connectivity index (χ2n) is 17.8. The first-order valence-corrected chi connectivity index (χ1v) is 17.6. The number of rotatable bonds is 4. The lowest BCUT2D eigenvalue weighted by Crippen LogP contribution is -2.28. The summed E-state index contributed by atoms with van der Waals surface area (Å²) < 4.78 is 0. The summed E-state index contributed by atoms with van der Waals surface area (Å²) in [6, 6.07) is 23.2. The minimum atomic E-state index is -0.0836. The summed E-state index contributed by atoms with van der Waals surface area (Å²) in [5.74, 6) is 0.799. The third-order valence-electron chi connectivity index (χ3n) is 9.01. The van der Waals surface area contributed by atoms with Gasteiger partial charge >= 0.3 is 0 Å². The van der Waals surface area contributed by atoms with Crippen LogP contribution in [0.4, 0.5) is 0 Å². The zero-order chi connectivity index (χ0) is 36.3. The zero-order valence-corrected chi connectivity index (χ0v) is 34.0. The number of hydrogen-bond donors (Lipinski definition) is 0. The molecule has 0 fully saturated rings. The molecule has 0 heteroatoms. The van der Waals surface area contributed by atoms with Crippen LogP contribution in [-0.4, -0.2) is 0 Å². The van der Waals surface area contributed by atoms with Gasteiger partial charge in [-0.3, -0.25) is 0 Å². The van der Waals surface area contributed by atoms with Crippen molar-refractivity contribution in [2.24, 2.45) is 16.7 Å². The third-order valence-corrected chi connectivity index (χ3v) is 9.01. The normalized spacial score (nSPS) is 12.3. The molecule has 0 aliphatic rings. The summed E-state index contributed by atoms with van der Waals surface area (Å²) in [6.07, 6.45) is 2.26. The van der Waals surface area contributed by atoms with Crippen LogP contribution in [0.2, 0.25) is 0 Å². The van der Waals surface area contributed by atoms with E-state index in [1.54, 1.807) is 0 Å². The number of benzene rings is 3. The molecule has 0 spiro atoms. The molecule has 1 atom stereocenters. The predicted octanol–water partition coefficient (Wildman–Crippen LogP) is 15.8. The first-order valence-electron chi connectivity index (χ1n) is 17.6. The van der Waals surface area contributed by atoms with E-state index in [1.807, 2.05) is 13.8 Å². The molecule has 0 saturated carbocycles. The molecule has 3 aromatic rings. The monoisotopic (exact) mass is 659 g/mol. The molecule has 1 unspecified atom stereocenters. The van der Waals surface area contributed by atoms with Gasteiger partial charge in [0.15, 0.2) is 0 Å². The molecule has 48 heavy (non-hydrogen) atoms. The first-order chi connectivity index (χ1) is 20.7. The molecule has 0 nitrogen and oxygen atoms in total. The van der Waals surface area contributed by atoms with Crippen LogP contribution in [0.5, 0.6) is 0 Å². The van der Waals surface area contributed by atoms with Crippen molar-refractivity contribution in [1.82, 2.24) is 0 Å². The highest BCUT2D eigenvalue weighted by Crippen LogP contribution is 2.39. The van der Waals surface area contributed by atoms with Crippen molar-refractivity contribution in [3.8, 4) is 0 Å². The van der Waals surface area contributed by atoms with Crippen molar-refractivity contribution >= 4 is 0 Å². The summed E-state index contributed by atoms with van der Waals surface area (Å²) >= 11 is 0. The minimum absolute atomic E-state index is 0. The van der Waals surface area contributed by atoms with E-state index in [0.29, 0.717) is 10.8 Å². The molecule has 3 aromatic carbocycles. The predicted molar refractivity (Wildman–Crippen MR) is 225 cm³/mol. The standard InChI is InChI=1S/C29H36.C7H16.C6H14.C4H8.2CH4/c1-20-9-12-24(13-10-20)19-29(8,26-16-21(2)15-22(3)17-26)25-14-11-23(4)27(18-25)28(5,6)7;1-6(2)7(3,4)5;1-5-6(2,3)4;1-4(2)3;;/h9-18H,19H2,1-8H3;6H,1-5H3;5H2,1-4H3;1H2,2-3H3;2*1H4. The van der Waals surface area contributed by atoms with E-state index in [1.165, 1.54) is 56.5 Å². The van der Waals surface area contributed by atoms with E-state index in [0.717, 1.165) is 12.3 Å². The molecule has 3 rings (SSSR count). The van der Waals surface area contributed by atoms with Crippen molar-refractivity contribution in [2.45, 2.75) is 170 Å². The fraction of sp³-hybridized carbons (Fsp3) is 0.583. The SMILES string of the molecule is C.C.C=C(C)C.CC(C)C(C)(C)C.CCC(C)(C)C.Cc1ccc(CC(C)(c2cc(C)cc(C)c2)c2ccc(C)c(C(C)(C)C)c2)cc1. The number of aryl methyl sites for hydroxylation is 4. The Labute approximate surface area is 303 Å². The molecule has 0 bridgehead atoms. The van der Waals surface area contributed by atoms with Crippen LogP contribution in [0.15, 0.2) is 72.8 Å². The zero-order valence-electron chi connectivity index (χ0n) is 34.0. The van der Waals surface area contributed by atoms with E-state index in [2.05, 4.69) is 185 Å². The average molecular weight is 659 g/mol. The lowest BCUT2D eigenvalue weighted by Gasteiger charge is -2.34. The van der Waals surface area contributed by atoms with E-state index in [4.69, 9.17) is 0 Å². The van der Waals surface area contributed by atoms with Gasteiger partial charge in [-0.05, 0) is 97.9 Å². The van der Waals surface area contributed by atoms with Crippen LogP contribution in [-0.2, 0) is 17.3 Å². The van der Waals surface area contributed by atoms with Gasteiger partial charge in [-0.2, -0.15) is 0 Å². The molecule has 0 aromatic heterocycles. The van der Waals surface area contributed by atoms with Gasteiger partial charge in [0.25, 0.3) is 0 Å². The molecule has 0 radical (unpaired) electrons. The Balaban J connectivity index is -0.000000884. The fourth-order valence-electron chi connectivity index (χ4n) is 4.55. The average Bonchev–Trinajstić information content (AvgIpc) is 2.88. The highest BCUT2D eigenvalue weighted by Gasteiger charge is 2.31. The van der Waals surface area contributed by atoms with Crippen molar-refractivity contribution in [2.75, 3.05) is 0 Å². The molecular weight excluding hydrogens is 577 g/mol. The quantitative estimate of drug-likeness (QED) is 0.245. The molecule has 0 amide bonds. The smallest absolute Gasteiger partial charge is 0.0215 e. The van der Waals surface area contributed by atoms with E-state index < -0.39 is 0 Å². The maximum atomic E-state index is 3.56. The Bertz CT molecular complexity index is 1300. The Morgan fingerprint density at radius 3 is 1.35 bits per heavy atom. The maximum Gasteiger partial charge on any atom is 0.0215 e. The Morgan fingerprint density at radius 2 is 1.02 bits per heavy atom. The van der Waals surface area contributed by atoms with Gasteiger partial charge in [0.05, 0.1) is 0 Å². The molecule has 0 N–H and O–H groups in total. The van der Waals surface area contributed by atoms with Crippen molar-refractivity contribution < 1.29 is 0 Å². The fourth-order valence-corrected chi connectivity index (χ4v) is 4.55. The van der Waals surface area contributed by atoms with Crippen LogP contribution in [0, 0.1) is 44.4 Å². The maximum absolute atomic E-state index is 3.56. The highest BCUT2D eigenvalue weighted by atomic mass is 14.3.